The monoisotopic (exact) mass is 194 g/mol. The normalized spacial score (nSPS) is 36.9. The predicted octanol–water partition coefficient (Wildman–Crippen LogP) is 2.53. The molecule has 80 valence electrons. The predicted molar refractivity (Wildman–Crippen MR) is 61.0 cm³/mol. The Bertz CT molecular complexity index is 243. The highest BCUT2D eigenvalue weighted by Gasteiger charge is 2.32. The Morgan fingerprint density at radius 1 is 1.29 bits per heavy atom. The molecule has 0 saturated heterocycles. The molecule has 1 N–H and O–H groups in total. The fourth-order valence-corrected chi connectivity index (χ4v) is 2.96. The van der Waals surface area contributed by atoms with Gasteiger partial charge < -0.3 is 5.32 Å². The van der Waals surface area contributed by atoms with Crippen LogP contribution in [0.15, 0.2) is 4.99 Å². The third-order valence-corrected chi connectivity index (χ3v) is 3.39. The topological polar surface area (TPSA) is 24.4 Å². The van der Waals surface area contributed by atoms with Crippen molar-refractivity contribution in [2.75, 3.05) is 0 Å². The molecule has 0 radical (unpaired) electrons. The van der Waals surface area contributed by atoms with Crippen molar-refractivity contribution in [2.45, 2.75) is 70.5 Å². The molecule has 2 heteroatoms. The van der Waals surface area contributed by atoms with Crippen LogP contribution in [0.4, 0.5) is 0 Å². The summed E-state index contributed by atoms with van der Waals surface area (Å²) in [6.45, 7) is 6.77. The Labute approximate surface area is 87.2 Å². The molecular weight excluding hydrogens is 172 g/mol. The third-order valence-electron chi connectivity index (χ3n) is 3.39. The van der Waals surface area contributed by atoms with Crippen LogP contribution < -0.4 is 5.32 Å². The van der Waals surface area contributed by atoms with E-state index < -0.39 is 0 Å². The molecule has 0 aromatic heterocycles. The van der Waals surface area contributed by atoms with Gasteiger partial charge >= 0.3 is 0 Å². The van der Waals surface area contributed by atoms with E-state index in [2.05, 4.69) is 26.1 Å². The quantitative estimate of drug-likeness (QED) is 0.629. The van der Waals surface area contributed by atoms with Gasteiger partial charge in [-0.25, -0.2) is 0 Å². The molecule has 0 bridgehead atoms. The van der Waals surface area contributed by atoms with E-state index in [1.165, 1.54) is 31.4 Å². The van der Waals surface area contributed by atoms with Crippen molar-refractivity contribution in [1.82, 2.24) is 5.32 Å². The molecule has 1 aliphatic carbocycles. The summed E-state index contributed by atoms with van der Waals surface area (Å²) in [5.41, 5.74) is 1.57. The highest BCUT2D eigenvalue weighted by molar-refractivity contribution is 5.83. The van der Waals surface area contributed by atoms with Crippen LogP contribution in [0.3, 0.4) is 0 Å². The summed E-state index contributed by atoms with van der Waals surface area (Å²) >= 11 is 0. The number of rotatable bonds is 0. The van der Waals surface area contributed by atoms with Crippen LogP contribution in [0.5, 0.6) is 0 Å². The molecule has 2 aliphatic rings. The highest BCUT2D eigenvalue weighted by Crippen LogP contribution is 2.27. The van der Waals surface area contributed by atoms with Crippen LogP contribution >= 0.6 is 0 Å². The van der Waals surface area contributed by atoms with Crippen molar-refractivity contribution < 1.29 is 0 Å². The van der Waals surface area contributed by atoms with Gasteiger partial charge in [-0.1, -0.05) is 12.8 Å². The Balaban J connectivity index is 2.17. The smallest absolute Gasteiger partial charge is 0.0652 e. The van der Waals surface area contributed by atoms with Crippen molar-refractivity contribution in [3.63, 3.8) is 0 Å². The molecule has 1 fully saturated rings. The minimum Gasteiger partial charge on any atom is -0.307 e. The van der Waals surface area contributed by atoms with E-state index >= 15 is 0 Å². The lowest BCUT2D eigenvalue weighted by atomic mass is 9.89. The highest BCUT2D eigenvalue weighted by atomic mass is 15.1. The summed E-state index contributed by atoms with van der Waals surface area (Å²) in [7, 11) is 0. The van der Waals surface area contributed by atoms with Crippen LogP contribution in [0.1, 0.15) is 52.9 Å². The second-order valence-corrected chi connectivity index (χ2v) is 5.53. The van der Waals surface area contributed by atoms with Crippen molar-refractivity contribution in [3.05, 3.63) is 0 Å². The average molecular weight is 194 g/mol. The van der Waals surface area contributed by atoms with Crippen molar-refractivity contribution in [1.29, 1.82) is 0 Å². The SMILES string of the molecule is CC1=NC2CCCCC2NC(C)(C)C1. The second-order valence-electron chi connectivity index (χ2n) is 5.53. The summed E-state index contributed by atoms with van der Waals surface area (Å²) in [6.07, 6.45) is 6.43. The van der Waals surface area contributed by atoms with E-state index in [-0.39, 0.29) is 5.54 Å². The molecule has 1 heterocycles. The molecule has 0 aromatic carbocycles. The molecule has 14 heavy (non-hydrogen) atoms. The van der Waals surface area contributed by atoms with E-state index in [4.69, 9.17) is 4.99 Å². The Morgan fingerprint density at radius 2 is 2.00 bits per heavy atom. The Hall–Kier alpha value is -0.370. The van der Waals surface area contributed by atoms with E-state index in [0.717, 1.165) is 6.42 Å². The van der Waals surface area contributed by atoms with Crippen LogP contribution in [-0.2, 0) is 0 Å². The molecule has 0 aromatic rings. The van der Waals surface area contributed by atoms with E-state index in [0.29, 0.717) is 12.1 Å². The molecular formula is C12H22N2. The summed E-state index contributed by atoms with van der Waals surface area (Å²) in [5, 5.41) is 3.77. The first kappa shape index (κ1) is 10.2. The van der Waals surface area contributed by atoms with Gasteiger partial charge in [-0.3, -0.25) is 4.99 Å². The minimum atomic E-state index is 0.240. The first-order valence-corrected chi connectivity index (χ1v) is 5.88. The number of nitrogens with zero attached hydrogens (tertiary/aromatic N) is 1. The van der Waals surface area contributed by atoms with Gasteiger partial charge in [0.2, 0.25) is 0 Å². The molecule has 1 saturated carbocycles. The van der Waals surface area contributed by atoms with Gasteiger partial charge in [0.15, 0.2) is 0 Å². The van der Waals surface area contributed by atoms with Crippen LogP contribution in [-0.4, -0.2) is 23.3 Å². The van der Waals surface area contributed by atoms with Gasteiger partial charge in [-0.2, -0.15) is 0 Å². The van der Waals surface area contributed by atoms with Crippen molar-refractivity contribution in [3.8, 4) is 0 Å². The standard InChI is InChI=1S/C12H22N2/c1-9-8-12(2,3)14-11-7-5-4-6-10(11)13-9/h10-11,14H,4-8H2,1-3H3. The first-order chi connectivity index (χ1) is 6.57. The average Bonchev–Trinajstić information content (AvgIpc) is 2.16. The zero-order valence-electron chi connectivity index (χ0n) is 9.64. The minimum absolute atomic E-state index is 0.240. The van der Waals surface area contributed by atoms with E-state index in [1.807, 2.05) is 0 Å². The van der Waals surface area contributed by atoms with Crippen molar-refractivity contribution in [2.24, 2.45) is 4.99 Å². The fraction of sp³-hybridized carbons (Fsp3) is 0.917. The van der Waals surface area contributed by atoms with E-state index in [1.54, 1.807) is 0 Å². The maximum absolute atomic E-state index is 4.85. The van der Waals surface area contributed by atoms with Crippen LogP contribution in [0.2, 0.25) is 0 Å². The molecule has 0 amide bonds. The van der Waals surface area contributed by atoms with Gasteiger partial charge in [0, 0.05) is 23.7 Å². The third kappa shape index (κ3) is 2.17. The molecule has 0 spiro atoms. The maximum Gasteiger partial charge on any atom is 0.0652 e. The zero-order chi connectivity index (χ0) is 10.2. The number of hydrogen-bond acceptors (Lipinski definition) is 2. The lowest BCUT2D eigenvalue weighted by Crippen LogP contribution is -2.50. The Morgan fingerprint density at radius 3 is 2.79 bits per heavy atom. The molecule has 2 atom stereocenters. The van der Waals surface area contributed by atoms with Crippen LogP contribution in [0, 0.1) is 0 Å². The summed E-state index contributed by atoms with van der Waals surface area (Å²) in [4.78, 5) is 4.85. The van der Waals surface area contributed by atoms with Crippen LogP contribution in [0.25, 0.3) is 0 Å². The number of hydrogen-bond donors (Lipinski definition) is 1. The molecule has 2 nitrogen and oxygen atoms in total. The van der Waals surface area contributed by atoms with Crippen molar-refractivity contribution >= 4 is 5.71 Å². The van der Waals surface area contributed by atoms with E-state index in [9.17, 15) is 0 Å². The second kappa shape index (κ2) is 3.65. The largest absolute Gasteiger partial charge is 0.307 e. The maximum atomic E-state index is 4.85. The summed E-state index contributed by atoms with van der Waals surface area (Å²) in [6, 6.07) is 1.20. The lowest BCUT2D eigenvalue weighted by molar-refractivity contribution is 0.270. The van der Waals surface area contributed by atoms with Gasteiger partial charge in [0.1, 0.15) is 0 Å². The van der Waals surface area contributed by atoms with Gasteiger partial charge in [0.05, 0.1) is 6.04 Å². The van der Waals surface area contributed by atoms with Gasteiger partial charge in [-0.15, -0.1) is 0 Å². The molecule has 2 rings (SSSR count). The summed E-state index contributed by atoms with van der Waals surface area (Å²) in [5.74, 6) is 0. The van der Waals surface area contributed by atoms with Gasteiger partial charge in [0.25, 0.3) is 0 Å². The Kier molecular flexibility index (Phi) is 2.65. The molecule has 2 unspecified atom stereocenters. The fourth-order valence-electron chi connectivity index (χ4n) is 2.96. The number of aliphatic imine (C=N–C) groups is 1. The summed E-state index contributed by atoms with van der Waals surface area (Å²) < 4.78 is 0. The number of fused-ring (bicyclic) bond motifs is 1. The first-order valence-electron chi connectivity index (χ1n) is 5.88. The number of nitrogens with one attached hydrogen (secondary N) is 1. The zero-order valence-corrected chi connectivity index (χ0v) is 9.64. The van der Waals surface area contributed by atoms with Gasteiger partial charge in [-0.05, 0) is 33.6 Å². The lowest BCUT2D eigenvalue weighted by Gasteiger charge is -2.34. The molecule has 1 aliphatic heterocycles.